The molecule has 20 heteroatoms. The molecule has 0 amide bonds. The van der Waals surface area contributed by atoms with Gasteiger partial charge in [0.1, 0.15) is 28.8 Å². The minimum atomic E-state index is -0.597. The highest BCUT2D eigenvalue weighted by molar-refractivity contribution is 7.16. The first-order valence-corrected chi connectivity index (χ1v) is 24.2. The Morgan fingerprint density at radius 2 is 1.33 bits per heavy atom. The molecule has 19 nitrogen and oxygen atoms in total. The van der Waals surface area contributed by atoms with Gasteiger partial charge in [-0.15, -0.1) is 30.7 Å². The van der Waals surface area contributed by atoms with E-state index in [4.69, 9.17) is 37.0 Å². The van der Waals surface area contributed by atoms with Crippen LogP contribution in [0.15, 0.2) is 81.1 Å². The Kier molecular flexibility index (Phi) is 14.0. The summed E-state index contributed by atoms with van der Waals surface area (Å²) in [6, 6.07) is 22.3. The number of pyridine rings is 1. The van der Waals surface area contributed by atoms with Crippen molar-refractivity contribution in [1.29, 1.82) is 5.26 Å². The number of aryl methyl sites for hydroxylation is 8. The zero-order valence-corrected chi connectivity index (χ0v) is 44.6. The Morgan fingerprint density at radius 3 is 1.90 bits per heavy atom. The van der Waals surface area contributed by atoms with Crippen LogP contribution in [-0.2, 0) is 5.41 Å². The molecule has 8 aromatic rings. The predicted octanol–water partition coefficient (Wildman–Crippen LogP) is 13.4. The van der Waals surface area contributed by atoms with Crippen molar-refractivity contribution in [3.63, 3.8) is 0 Å². The van der Waals surface area contributed by atoms with Crippen LogP contribution in [0.2, 0.25) is 0 Å². The molecule has 0 saturated heterocycles. The van der Waals surface area contributed by atoms with E-state index in [1.165, 1.54) is 14.9 Å². The Labute approximate surface area is 429 Å². The molecule has 0 unspecified atom stereocenters. The van der Waals surface area contributed by atoms with Gasteiger partial charge in [-0.25, -0.2) is 19.8 Å². The predicted molar refractivity (Wildman–Crippen MR) is 290 cm³/mol. The number of nitrogens with one attached hydrogen (secondary N) is 2. The molecule has 0 saturated carbocycles. The van der Waals surface area contributed by atoms with Gasteiger partial charge < -0.3 is 20.4 Å². The molecule has 0 aliphatic heterocycles. The molecule has 0 fully saturated rings. The Hall–Kier alpha value is -8.75. The molecule has 5 heterocycles. The van der Waals surface area contributed by atoms with E-state index in [9.17, 15) is 5.26 Å². The van der Waals surface area contributed by atoms with Crippen molar-refractivity contribution in [2.45, 2.75) is 81.6 Å². The smallest absolute Gasteiger partial charge is 0.260 e. The summed E-state index contributed by atoms with van der Waals surface area (Å²) in [6.45, 7) is 30.6. The highest BCUT2D eigenvalue weighted by atomic mass is 32.1. The lowest BCUT2D eigenvalue weighted by atomic mass is 9.90. The fraction of sp³-hybridized carbons (Fsp3) is 0.302. The number of azo groups is 2. The SMILES string of the molecule is [C-]#[N+]c1c(-c2ccccc2)nn(-c2nnc(-n3nc(C(C)(C)C)c(C#N)c3N=Nc3c(C)cc(N(C)c4c(C)cc(C)cc4C)nc3Nc3c(C)cc(C)cc3C)s2)c1N=Nc1nc(C)c(N(C)C)nc1NC. The average molecular weight is 992 g/mol. The van der Waals surface area contributed by atoms with Crippen LogP contribution in [0.25, 0.3) is 26.4 Å². The van der Waals surface area contributed by atoms with Crippen molar-refractivity contribution < 1.29 is 0 Å². The van der Waals surface area contributed by atoms with Crippen molar-refractivity contribution in [2.24, 2.45) is 20.5 Å². The fourth-order valence-corrected chi connectivity index (χ4v) is 9.61. The summed E-state index contributed by atoms with van der Waals surface area (Å²) in [4.78, 5) is 22.5. The van der Waals surface area contributed by atoms with Crippen molar-refractivity contribution >= 4 is 74.8 Å². The minimum absolute atomic E-state index is 0.0899. The first-order chi connectivity index (χ1) is 34.7. The first kappa shape index (κ1) is 50.6. The minimum Gasteiger partial charge on any atom is -0.370 e. The van der Waals surface area contributed by atoms with Gasteiger partial charge in [0.15, 0.2) is 29.1 Å². The molecule has 370 valence electrons. The molecule has 3 aromatic carbocycles. The number of nitrogens with zero attached hydrogens (tertiary/aromatic N) is 17. The third-order valence-electron chi connectivity index (χ3n) is 12.0. The van der Waals surface area contributed by atoms with E-state index in [1.807, 2.05) is 97.1 Å². The van der Waals surface area contributed by atoms with E-state index < -0.39 is 5.41 Å². The summed E-state index contributed by atoms with van der Waals surface area (Å²) in [5.41, 5.74) is 11.8. The van der Waals surface area contributed by atoms with Gasteiger partial charge in [-0.3, -0.25) is 0 Å². The van der Waals surface area contributed by atoms with Crippen LogP contribution in [-0.4, -0.2) is 72.9 Å². The maximum absolute atomic E-state index is 10.9. The number of hydrogen-bond donors (Lipinski definition) is 2. The molecule has 0 bridgehead atoms. The molecule has 0 radical (unpaired) electrons. The molecule has 73 heavy (non-hydrogen) atoms. The van der Waals surface area contributed by atoms with E-state index >= 15 is 0 Å². The maximum atomic E-state index is 10.9. The quantitative estimate of drug-likeness (QED) is 0.0817. The standard InChI is InChI=1S/C53H57N19S/c1-28-22-30(3)39(31(4)23-28)59-45-40(32(5)26-38(58-45)70(16)43-33(6)24-29(2)25-34(43)7)61-63-49-37(27-54)44(53(9,10)11)68-71(49)51-65-66-52(73-51)72-50(42(55-12)41(67-72)36-20-18-17-19-21-36)64-62-47-46(56-13)60-48(69(14)15)35(8)57-47/h17-26H,1-11,13-16H3,(H,56,60)(H,58,59). The summed E-state index contributed by atoms with van der Waals surface area (Å²) < 4.78 is 2.90. The monoisotopic (exact) mass is 991 g/mol. The number of nitriles is 1. The topological polar surface area (TPSA) is 208 Å². The van der Waals surface area contributed by atoms with Crippen LogP contribution >= 0.6 is 11.3 Å². The molecule has 0 atom stereocenters. The molecule has 0 spiro atoms. The molecular weight excluding hydrogens is 935 g/mol. The van der Waals surface area contributed by atoms with Crippen LogP contribution in [0.1, 0.15) is 76.7 Å². The van der Waals surface area contributed by atoms with Crippen LogP contribution < -0.4 is 20.4 Å². The number of rotatable bonds is 13. The van der Waals surface area contributed by atoms with Crippen LogP contribution in [0.3, 0.4) is 0 Å². The lowest BCUT2D eigenvalue weighted by Crippen LogP contribution is -2.15. The van der Waals surface area contributed by atoms with E-state index in [-0.39, 0.29) is 39.0 Å². The molecule has 0 aliphatic rings. The van der Waals surface area contributed by atoms with Gasteiger partial charge in [-0.05, 0) is 94.8 Å². The Bertz CT molecular complexity index is 3530. The third kappa shape index (κ3) is 9.97. The largest absolute Gasteiger partial charge is 0.370 e. The van der Waals surface area contributed by atoms with Crippen LogP contribution in [0.5, 0.6) is 0 Å². The highest BCUT2D eigenvalue weighted by Gasteiger charge is 2.31. The van der Waals surface area contributed by atoms with Crippen molar-refractivity contribution in [3.8, 4) is 27.6 Å². The number of anilines is 6. The number of hydrogen-bond acceptors (Lipinski definition) is 17. The summed E-state index contributed by atoms with van der Waals surface area (Å²) in [5, 5.41) is 56.0. The van der Waals surface area contributed by atoms with Crippen LogP contribution in [0, 0.1) is 73.3 Å². The van der Waals surface area contributed by atoms with Crippen molar-refractivity contribution in [3.05, 3.63) is 128 Å². The van der Waals surface area contributed by atoms with E-state index in [0.29, 0.717) is 51.6 Å². The molecular formula is C53H57N19S. The second-order valence-electron chi connectivity index (χ2n) is 19.1. The van der Waals surface area contributed by atoms with E-state index in [0.717, 1.165) is 56.1 Å². The van der Waals surface area contributed by atoms with Gasteiger partial charge in [-0.2, -0.15) is 24.8 Å². The van der Waals surface area contributed by atoms with Gasteiger partial charge in [0.05, 0.1) is 18.0 Å². The summed E-state index contributed by atoms with van der Waals surface area (Å²) >= 11 is 1.10. The van der Waals surface area contributed by atoms with Gasteiger partial charge in [0, 0.05) is 45.0 Å². The average Bonchev–Trinajstić information content (AvgIpc) is 4.07. The molecule has 5 aromatic heterocycles. The van der Waals surface area contributed by atoms with E-state index in [1.54, 1.807) is 7.05 Å². The maximum Gasteiger partial charge on any atom is 0.260 e. The Balaban J connectivity index is 1.28. The van der Waals surface area contributed by atoms with Crippen molar-refractivity contribution in [2.75, 3.05) is 48.6 Å². The summed E-state index contributed by atoms with van der Waals surface area (Å²) in [6.07, 6.45) is 0. The van der Waals surface area contributed by atoms with Gasteiger partial charge >= 0.3 is 0 Å². The highest BCUT2D eigenvalue weighted by Crippen LogP contribution is 2.44. The number of aromatic nitrogens is 9. The first-order valence-electron chi connectivity index (χ1n) is 23.4. The van der Waals surface area contributed by atoms with Gasteiger partial charge in [0.25, 0.3) is 5.69 Å². The molecule has 2 N–H and O–H groups in total. The summed E-state index contributed by atoms with van der Waals surface area (Å²) in [5.74, 6) is 2.68. The van der Waals surface area contributed by atoms with E-state index in [2.05, 4.69) is 118 Å². The Morgan fingerprint density at radius 1 is 0.726 bits per heavy atom. The van der Waals surface area contributed by atoms with Gasteiger partial charge in [0.2, 0.25) is 16.1 Å². The molecule has 0 aliphatic carbocycles. The second-order valence-corrected chi connectivity index (χ2v) is 20.1. The van der Waals surface area contributed by atoms with Crippen molar-refractivity contribution in [1.82, 2.24) is 44.7 Å². The van der Waals surface area contributed by atoms with Gasteiger partial charge in [-0.1, -0.05) is 97.8 Å². The lowest BCUT2D eigenvalue weighted by Gasteiger charge is -2.25. The zero-order valence-electron chi connectivity index (χ0n) is 43.8. The normalized spacial score (nSPS) is 11.6. The zero-order chi connectivity index (χ0) is 52.6. The summed E-state index contributed by atoms with van der Waals surface area (Å²) in [7, 11) is 7.50. The molecule has 8 rings (SSSR count). The second kappa shape index (κ2) is 20.2. The third-order valence-corrected chi connectivity index (χ3v) is 12.9. The lowest BCUT2D eigenvalue weighted by molar-refractivity contribution is 0.558. The fourth-order valence-electron chi connectivity index (χ4n) is 8.86. The number of benzene rings is 3. The van der Waals surface area contributed by atoms with Crippen LogP contribution in [0.4, 0.5) is 63.5 Å².